The van der Waals surface area contributed by atoms with Crippen LogP contribution in [0.2, 0.25) is 0 Å². The number of furan rings is 1. The normalized spacial score (nSPS) is 14.2. The second kappa shape index (κ2) is 7.72. The molecule has 1 aliphatic rings. The Labute approximate surface area is 174 Å². The molecular weight excluding hydrogens is 380 g/mol. The van der Waals surface area contributed by atoms with Crippen LogP contribution in [0.1, 0.15) is 10.4 Å². The zero-order chi connectivity index (χ0) is 20.5. The van der Waals surface area contributed by atoms with E-state index in [9.17, 15) is 4.79 Å². The quantitative estimate of drug-likeness (QED) is 0.537. The molecule has 0 saturated carbocycles. The van der Waals surface area contributed by atoms with Gasteiger partial charge in [-0.05, 0) is 36.4 Å². The van der Waals surface area contributed by atoms with Crippen molar-refractivity contribution < 1.29 is 18.7 Å². The molecule has 0 bridgehead atoms. The van der Waals surface area contributed by atoms with Gasteiger partial charge in [-0.15, -0.1) is 0 Å². The van der Waals surface area contributed by atoms with Crippen LogP contribution in [0, 0.1) is 0 Å². The first kappa shape index (κ1) is 18.5. The average Bonchev–Trinajstić information content (AvgIpc) is 3.16. The fourth-order valence-corrected chi connectivity index (χ4v) is 3.86. The molecule has 1 N–H and O–H groups in total. The number of rotatable bonds is 4. The number of hydrogen-bond acceptors (Lipinski definition) is 5. The number of benzene rings is 3. The lowest BCUT2D eigenvalue weighted by Crippen LogP contribution is -2.36. The van der Waals surface area contributed by atoms with E-state index in [0.717, 1.165) is 48.3 Å². The van der Waals surface area contributed by atoms with Crippen LogP contribution in [0.3, 0.4) is 0 Å². The summed E-state index contributed by atoms with van der Waals surface area (Å²) in [6.07, 6.45) is 0. The van der Waals surface area contributed by atoms with Crippen LogP contribution < -0.4 is 15.0 Å². The maximum Gasteiger partial charge on any atom is 0.255 e. The molecule has 0 atom stereocenters. The number of fused-ring (bicyclic) bond motifs is 3. The third kappa shape index (κ3) is 3.35. The van der Waals surface area contributed by atoms with Gasteiger partial charge < -0.3 is 24.1 Å². The summed E-state index contributed by atoms with van der Waals surface area (Å²) in [6.45, 7) is 3.18. The number of anilines is 2. The first-order valence-electron chi connectivity index (χ1n) is 9.96. The Bertz CT molecular complexity index is 1210. The summed E-state index contributed by atoms with van der Waals surface area (Å²) in [7, 11) is 1.59. The van der Waals surface area contributed by atoms with Gasteiger partial charge in [0.25, 0.3) is 5.91 Å². The number of ether oxygens (including phenoxy) is 2. The number of carbonyl (C=O) groups is 1. The minimum atomic E-state index is -0.197. The summed E-state index contributed by atoms with van der Waals surface area (Å²) in [5.74, 6) is 0.393. The molecule has 0 spiro atoms. The lowest BCUT2D eigenvalue weighted by atomic mass is 10.1. The van der Waals surface area contributed by atoms with Gasteiger partial charge in [-0.25, -0.2) is 0 Å². The number of hydrogen-bond donors (Lipinski definition) is 1. The van der Waals surface area contributed by atoms with Crippen LogP contribution in [0.15, 0.2) is 65.1 Å². The van der Waals surface area contributed by atoms with E-state index in [2.05, 4.69) is 10.2 Å². The minimum Gasteiger partial charge on any atom is -0.495 e. The Balaban J connectivity index is 1.41. The van der Waals surface area contributed by atoms with E-state index in [1.807, 2.05) is 60.7 Å². The SMILES string of the molecule is COc1cc2c(cc1NC(=O)c1ccc(N3CCOCC3)cc1)oc1ccccc12. The van der Waals surface area contributed by atoms with E-state index >= 15 is 0 Å². The van der Waals surface area contributed by atoms with Crippen LogP contribution in [-0.4, -0.2) is 39.3 Å². The zero-order valence-corrected chi connectivity index (χ0v) is 16.7. The number of nitrogens with zero attached hydrogens (tertiary/aromatic N) is 1. The van der Waals surface area contributed by atoms with Gasteiger partial charge in [0.05, 0.1) is 26.0 Å². The number of carbonyl (C=O) groups excluding carboxylic acids is 1. The van der Waals surface area contributed by atoms with Crippen LogP contribution in [0.5, 0.6) is 5.75 Å². The van der Waals surface area contributed by atoms with E-state index in [1.54, 1.807) is 7.11 Å². The molecule has 2 heterocycles. The van der Waals surface area contributed by atoms with Crippen molar-refractivity contribution >= 4 is 39.2 Å². The third-order valence-corrected chi connectivity index (χ3v) is 5.45. The Kier molecular flexibility index (Phi) is 4.77. The molecule has 0 aliphatic carbocycles. The third-order valence-electron chi connectivity index (χ3n) is 5.45. The first-order valence-corrected chi connectivity index (χ1v) is 9.96. The van der Waals surface area contributed by atoms with Crippen molar-refractivity contribution in [3.8, 4) is 5.75 Å². The van der Waals surface area contributed by atoms with Crippen LogP contribution >= 0.6 is 0 Å². The number of para-hydroxylation sites is 1. The topological polar surface area (TPSA) is 63.9 Å². The molecule has 3 aromatic carbocycles. The van der Waals surface area contributed by atoms with Gasteiger partial charge in [0, 0.05) is 41.2 Å². The standard InChI is InChI=1S/C24H22N2O4/c1-28-23-14-19-18-4-2-3-5-21(18)30-22(19)15-20(23)25-24(27)16-6-8-17(9-7-16)26-10-12-29-13-11-26/h2-9,14-15H,10-13H2,1H3,(H,25,27). The number of nitrogens with one attached hydrogen (secondary N) is 1. The van der Waals surface area contributed by atoms with Gasteiger partial charge in [-0.3, -0.25) is 4.79 Å². The molecule has 1 saturated heterocycles. The molecule has 1 aliphatic heterocycles. The number of amides is 1. The van der Waals surface area contributed by atoms with Crippen molar-refractivity contribution in [1.29, 1.82) is 0 Å². The Morgan fingerprint density at radius 2 is 1.73 bits per heavy atom. The zero-order valence-electron chi connectivity index (χ0n) is 16.7. The van der Waals surface area contributed by atoms with Crippen LogP contribution in [-0.2, 0) is 4.74 Å². The molecule has 1 aromatic heterocycles. The van der Waals surface area contributed by atoms with Gasteiger partial charge in [0.15, 0.2) is 0 Å². The molecule has 1 amide bonds. The maximum absolute atomic E-state index is 12.8. The molecule has 152 valence electrons. The van der Waals surface area contributed by atoms with E-state index in [-0.39, 0.29) is 5.91 Å². The van der Waals surface area contributed by atoms with Gasteiger partial charge in [0.2, 0.25) is 0 Å². The second-order valence-electron chi connectivity index (χ2n) is 7.25. The molecule has 6 heteroatoms. The first-order chi connectivity index (χ1) is 14.7. The molecule has 1 fully saturated rings. The van der Waals surface area contributed by atoms with Crippen LogP contribution in [0.25, 0.3) is 21.9 Å². The fourth-order valence-electron chi connectivity index (χ4n) is 3.86. The highest BCUT2D eigenvalue weighted by atomic mass is 16.5. The highest BCUT2D eigenvalue weighted by Gasteiger charge is 2.16. The van der Waals surface area contributed by atoms with Gasteiger partial charge in [-0.1, -0.05) is 18.2 Å². The summed E-state index contributed by atoms with van der Waals surface area (Å²) in [5.41, 5.74) is 3.76. The van der Waals surface area contributed by atoms with Crippen molar-refractivity contribution in [1.82, 2.24) is 0 Å². The minimum absolute atomic E-state index is 0.197. The Morgan fingerprint density at radius 1 is 0.967 bits per heavy atom. The highest BCUT2D eigenvalue weighted by Crippen LogP contribution is 2.36. The van der Waals surface area contributed by atoms with Crippen molar-refractivity contribution in [2.24, 2.45) is 0 Å². The second-order valence-corrected chi connectivity index (χ2v) is 7.25. The van der Waals surface area contributed by atoms with Crippen molar-refractivity contribution in [3.05, 3.63) is 66.2 Å². The predicted octanol–water partition coefficient (Wildman–Crippen LogP) is 4.68. The average molecular weight is 402 g/mol. The van der Waals surface area contributed by atoms with E-state index in [1.165, 1.54) is 0 Å². The van der Waals surface area contributed by atoms with Gasteiger partial charge >= 0.3 is 0 Å². The Hall–Kier alpha value is -3.51. The smallest absolute Gasteiger partial charge is 0.255 e. The molecule has 0 radical (unpaired) electrons. The monoisotopic (exact) mass is 402 g/mol. The van der Waals surface area contributed by atoms with Gasteiger partial charge in [-0.2, -0.15) is 0 Å². The summed E-state index contributed by atoms with van der Waals surface area (Å²) in [6, 6.07) is 19.2. The molecule has 5 rings (SSSR count). The molecule has 6 nitrogen and oxygen atoms in total. The molecule has 4 aromatic rings. The number of methoxy groups -OCH3 is 1. The van der Waals surface area contributed by atoms with Gasteiger partial charge in [0.1, 0.15) is 16.9 Å². The highest BCUT2D eigenvalue weighted by molar-refractivity contribution is 6.10. The summed E-state index contributed by atoms with van der Waals surface area (Å²) in [5, 5.41) is 4.93. The predicted molar refractivity (Wildman–Crippen MR) is 118 cm³/mol. The summed E-state index contributed by atoms with van der Waals surface area (Å²) in [4.78, 5) is 15.1. The maximum atomic E-state index is 12.8. The Morgan fingerprint density at radius 3 is 2.50 bits per heavy atom. The number of morpholine rings is 1. The largest absolute Gasteiger partial charge is 0.495 e. The van der Waals surface area contributed by atoms with E-state index in [4.69, 9.17) is 13.9 Å². The van der Waals surface area contributed by atoms with Crippen molar-refractivity contribution in [2.75, 3.05) is 43.6 Å². The van der Waals surface area contributed by atoms with E-state index < -0.39 is 0 Å². The summed E-state index contributed by atoms with van der Waals surface area (Å²) >= 11 is 0. The molecular formula is C24H22N2O4. The lowest BCUT2D eigenvalue weighted by molar-refractivity contribution is 0.102. The van der Waals surface area contributed by atoms with E-state index in [0.29, 0.717) is 22.6 Å². The van der Waals surface area contributed by atoms with Crippen LogP contribution in [0.4, 0.5) is 11.4 Å². The fraction of sp³-hybridized carbons (Fsp3) is 0.208. The lowest BCUT2D eigenvalue weighted by Gasteiger charge is -2.28. The molecule has 30 heavy (non-hydrogen) atoms. The summed E-state index contributed by atoms with van der Waals surface area (Å²) < 4.78 is 16.9. The molecule has 0 unspecified atom stereocenters. The van der Waals surface area contributed by atoms with Crippen molar-refractivity contribution in [2.45, 2.75) is 0 Å². The van der Waals surface area contributed by atoms with Crippen molar-refractivity contribution in [3.63, 3.8) is 0 Å².